The highest BCUT2D eigenvalue weighted by molar-refractivity contribution is 5.34. The second-order valence-corrected chi connectivity index (χ2v) is 3.54. The third-order valence-electron chi connectivity index (χ3n) is 2.62. The van der Waals surface area contributed by atoms with Crippen LogP contribution in [0, 0.1) is 0 Å². The van der Waals surface area contributed by atoms with Gasteiger partial charge in [0.2, 0.25) is 0 Å². The third kappa shape index (κ3) is 1.12. The van der Waals surface area contributed by atoms with Gasteiger partial charge in [0.1, 0.15) is 0 Å². The first-order chi connectivity index (χ1) is 5.76. The Bertz CT molecular complexity index is 290. The van der Waals surface area contributed by atoms with Gasteiger partial charge in [0, 0.05) is 17.9 Å². The SMILES string of the molecule is CCc1ccncc1C1(N)CC1. The lowest BCUT2D eigenvalue weighted by atomic mass is 10.0. The molecule has 0 amide bonds. The molecule has 64 valence electrons. The first-order valence-corrected chi connectivity index (χ1v) is 4.48. The van der Waals surface area contributed by atoms with Gasteiger partial charge in [-0.2, -0.15) is 0 Å². The Kier molecular flexibility index (Phi) is 1.65. The van der Waals surface area contributed by atoms with E-state index in [4.69, 9.17) is 5.73 Å². The molecule has 1 aliphatic rings. The fourth-order valence-corrected chi connectivity index (χ4v) is 1.58. The van der Waals surface area contributed by atoms with E-state index >= 15 is 0 Å². The van der Waals surface area contributed by atoms with Gasteiger partial charge >= 0.3 is 0 Å². The summed E-state index contributed by atoms with van der Waals surface area (Å²) in [7, 11) is 0. The Balaban J connectivity index is 2.42. The van der Waals surface area contributed by atoms with E-state index in [1.807, 2.05) is 12.4 Å². The van der Waals surface area contributed by atoms with E-state index in [2.05, 4.69) is 18.0 Å². The van der Waals surface area contributed by atoms with Gasteiger partial charge in [0.25, 0.3) is 0 Å². The summed E-state index contributed by atoms with van der Waals surface area (Å²) in [6.45, 7) is 2.16. The second kappa shape index (κ2) is 2.56. The number of nitrogens with zero attached hydrogens (tertiary/aromatic N) is 1. The highest BCUT2D eigenvalue weighted by atomic mass is 14.8. The number of nitrogens with two attached hydrogens (primary N) is 1. The Hall–Kier alpha value is -0.890. The van der Waals surface area contributed by atoms with Crippen LogP contribution in [0.4, 0.5) is 0 Å². The second-order valence-electron chi connectivity index (χ2n) is 3.54. The van der Waals surface area contributed by atoms with Crippen LogP contribution in [-0.4, -0.2) is 4.98 Å². The summed E-state index contributed by atoms with van der Waals surface area (Å²) in [6.07, 6.45) is 7.05. The summed E-state index contributed by atoms with van der Waals surface area (Å²) in [5.74, 6) is 0. The molecule has 0 unspecified atom stereocenters. The zero-order valence-corrected chi connectivity index (χ0v) is 7.38. The fourth-order valence-electron chi connectivity index (χ4n) is 1.58. The standard InChI is InChI=1S/C10H14N2/c1-2-8-3-6-12-7-9(8)10(11)4-5-10/h3,6-7H,2,4-5,11H2,1H3. The number of pyridine rings is 1. The van der Waals surface area contributed by atoms with Crippen molar-refractivity contribution < 1.29 is 0 Å². The van der Waals surface area contributed by atoms with Crippen LogP contribution in [-0.2, 0) is 12.0 Å². The molecule has 12 heavy (non-hydrogen) atoms. The molecule has 1 aromatic heterocycles. The first kappa shape index (κ1) is 7.74. The van der Waals surface area contributed by atoms with E-state index in [1.165, 1.54) is 11.1 Å². The molecule has 1 aliphatic carbocycles. The number of aromatic nitrogens is 1. The van der Waals surface area contributed by atoms with Crippen molar-refractivity contribution in [3.05, 3.63) is 29.6 Å². The minimum Gasteiger partial charge on any atom is -0.321 e. The predicted octanol–water partition coefficient (Wildman–Crippen LogP) is 1.59. The summed E-state index contributed by atoms with van der Waals surface area (Å²) >= 11 is 0. The molecule has 0 atom stereocenters. The molecule has 1 aromatic rings. The van der Waals surface area contributed by atoms with Gasteiger partial charge in [-0.05, 0) is 36.5 Å². The Labute approximate surface area is 72.8 Å². The van der Waals surface area contributed by atoms with Crippen LogP contribution in [0.3, 0.4) is 0 Å². The summed E-state index contributed by atoms with van der Waals surface area (Å²) < 4.78 is 0. The summed E-state index contributed by atoms with van der Waals surface area (Å²) in [5.41, 5.74) is 8.68. The molecule has 1 heterocycles. The topological polar surface area (TPSA) is 38.9 Å². The largest absolute Gasteiger partial charge is 0.321 e. The van der Waals surface area contributed by atoms with Crippen LogP contribution in [0.25, 0.3) is 0 Å². The van der Waals surface area contributed by atoms with E-state index < -0.39 is 0 Å². The van der Waals surface area contributed by atoms with Gasteiger partial charge in [-0.25, -0.2) is 0 Å². The van der Waals surface area contributed by atoms with Crippen LogP contribution in [0.2, 0.25) is 0 Å². The number of aryl methyl sites for hydroxylation is 1. The molecule has 2 heteroatoms. The Morgan fingerprint density at radius 2 is 2.33 bits per heavy atom. The van der Waals surface area contributed by atoms with Crippen molar-refractivity contribution >= 4 is 0 Å². The average molecular weight is 162 g/mol. The molecule has 0 saturated heterocycles. The molecular formula is C10H14N2. The van der Waals surface area contributed by atoms with Crippen molar-refractivity contribution in [1.82, 2.24) is 4.98 Å². The van der Waals surface area contributed by atoms with Crippen molar-refractivity contribution in [2.24, 2.45) is 5.73 Å². The van der Waals surface area contributed by atoms with Crippen LogP contribution >= 0.6 is 0 Å². The molecule has 0 aliphatic heterocycles. The normalized spacial score (nSPS) is 19.2. The molecule has 0 aromatic carbocycles. The zero-order valence-electron chi connectivity index (χ0n) is 7.38. The van der Waals surface area contributed by atoms with E-state index in [0.29, 0.717) is 0 Å². The summed E-state index contributed by atoms with van der Waals surface area (Å²) in [6, 6.07) is 2.07. The lowest BCUT2D eigenvalue weighted by molar-refractivity contribution is 0.721. The van der Waals surface area contributed by atoms with Gasteiger partial charge in [0.15, 0.2) is 0 Å². The van der Waals surface area contributed by atoms with Gasteiger partial charge in [-0.3, -0.25) is 4.98 Å². The fraction of sp³-hybridized carbons (Fsp3) is 0.500. The van der Waals surface area contributed by atoms with Crippen LogP contribution in [0.5, 0.6) is 0 Å². The molecule has 0 bridgehead atoms. The minimum atomic E-state index is -0.0282. The van der Waals surface area contributed by atoms with Crippen LogP contribution in [0.1, 0.15) is 30.9 Å². The monoisotopic (exact) mass is 162 g/mol. The zero-order chi connectivity index (χ0) is 8.60. The molecule has 1 fully saturated rings. The maximum absolute atomic E-state index is 6.10. The maximum Gasteiger partial charge on any atom is 0.0429 e. The van der Waals surface area contributed by atoms with Crippen LogP contribution in [0.15, 0.2) is 18.5 Å². The van der Waals surface area contributed by atoms with Gasteiger partial charge < -0.3 is 5.73 Å². The summed E-state index contributed by atoms with van der Waals surface area (Å²) in [5, 5.41) is 0. The highest BCUT2D eigenvalue weighted by Gasteiger charge is 2.41. The molecule has 0 spiro atoms. The highest BCUT2D eigenvalue weighted by Crippen LogP contribution is 2.43. The minimum absolute atomic E-state index is 0.0282. The van der Waals surface area contributed by atoms with Gasteiger partial charge in [-0.15, -0.1) is 0 Å². The molecule has 2 N–H and O–H groups in total. The summed E-state index contributed by atoms with van der Waals surface area (Å²) in [4.78, 5) is 4.12. The molecular weight excluding hydrogens is 148 g/mol. The third-order valence-corrected chi connectivity index (χ3v) is 2.62. The lowest BCUT2D eigenvalue weighted by Crippen LogP contribution is -2.20. The van der Waals surface area contributed by atoms with E-state index in [-0.39, 0.29) is 5.54 Å². The number of hydrogen-bond donors (Lipinski definition) is 1. The molecule has 0 radical (unpaired) electrons. The average Bonchev–Trinajstić information content (AvgIpc) is 2.85. The number of rotatable bonds is 2. The van der Waals surface area contributed by atoms with E-state index in [9.17, 15) is 0 Å². The van der Waals surface area contributed by atoms with Crippen molar-refractivity contribution in [1.29, 1.82) is 0 Å². The molecule has 2 rings (SSSR count). The number of hydrogen-bond acceptors (Lipinski definition) is 2. The quantitative estimate of drug-likeness (QED) is 0.717. The van der Waals surface area contributed by atoms with Gasteiger partial charge in [0.05, 0.1) is 0 Å². The Morgan fingerprint density at radius 3 is 2.92 bits per heavy atom. The van der Waals surface area contributed by atoms with Crippen molar-refractivity contribution in [3.8, 4) is 0 Å². The smallest absolute Gasteiger partial charge is 0.0429 e. The molecule has 1 saturated carbocycles. The van der Waals surface area contributed by atoms with Gasteiger partial charge in [-0.1, -0.05) is 6.92 Å². The van der Waals surface area contributed by atoms with Crippen molar-refractivity contribution in [3.63, 3.8) is 0 Å². The first-order valence-electron chi connectivity index (χ1n) is 4.48. The van der Waals surface area contributed by atoms with Crippen molar-refractivity contribution in [2.75, 3.05) is 0 Å². The van der Waals surface area contributed by atoms with E-state index in [0.717, 1.165) is 19.3 Å². The molecule has 2 nitrogen and oxygen atoms in total. The van der Waals surface area contributed by atoms with E-state index in [1.54, 1.807) is 0 Å². The predicted molar refractivity (Wildman–Crippen MR) is 48.7 cm³/mol. The van der Waals surface area contributed by atoms with Crippen LogP contribution < -0.4 is 5.73 Å². The Morgan fingerprint density at radius 1 is 1.58 bits per heavy atom. The maximum atomic E-state index is 6.10. The lowest BCUT2D eigenvalue weighted by Gasteiger charge is -2.12. The van der Waals surface area contributed by atoms with Crippen molar-refractivity contribution in [2.45, 2.75) is 31.7 Å².